The molecular formula is C19H30N4O2. The van der Waals surface area contributed by atoms with Crippen LogP contribution in [0, 0.1) is 5.92 Å². The number of hydrogen-bond donors (Lipinski definition) is 2. The molecule has 1 aromatic carbocycles. The number of hydrogen-bond acceptors (Lipinski definition) is 3. The molecule has 25 heavy (non-hydrogen) atoms. The third-order valence-electron chi connectivity index (χ3n) is 4.44. The minimum atomic E-state index is -0.172. The molecule has 2 N–H and O–H groups in total. The van der Waals surface area contributed by atoms with Crippen molar-refractivity contribution in [1.29, 1.82) is 0 Å². The Kier molecular flexibility index (Phi) is 7.10. The molecule has 2 rings (SSSR count). The fourth-order valence-corrected chi connectivity index (χ4v) is 2.80. The molecule has 0 aliphatic carbocycles. The highest BCUT2D eigenvalue weighted by Crippen LogP contribution is 2.23. The van der Waals surface area contributed by atoms with Gasteiger partial charge in [0.05, 0.1) is 0 Å². The predicted octanol–water partition coefficient (Wildman–Crippen LogP) is 2.91. The van der Waals surface area contributed by atoms with Gasteiger partial charge in [-0.25, -0.2) is 4.79 Å². The van der Waals surface area contributed by atoms with Gasteiger partial charge in [-0.2, -0.15) is 0 Å². The molecule has 1 heterocycles. The lowest BCUT2D eigenvalue weighted by Crippen LogP contribution is -2.39. The number of piperidine rings is 1. The van der Waals surface area contributed by atoms with Gasteiger partial charge in [-0.3, -0.25) is 4.79 Å². The Morgan fingerprint density at radius 2 is 1.92 bits per heavy atom. The monoisotopic (exact) mass is 346 g/mol. The van der Waals surface area contributed by atoms with Gasteiger partial charge in [-0.1, -0.05) is 19.9 Å². The van der Waals surface area contributed by atoms with Crippen LogP contribution in [-0.4, -0.2) is 50.1 Å². The van der Waals surface area contributed by atoms with Crippen molar-refractivity contribution in [3.8, 4) is 0 Å². The molecule has 0 bridgehead atoms. The Labute approximate surface area is 150 Å². The van der Waals surface area contributed by atoms with Crippen molar-refractivity contribution in [3.63, 3.8) is 0 Å². The summed E-state index contributed by atoms with van der Waals surface area (Å²) >= 11 is 0. The Balaban J connectivity index is 1.84. The second kappa shape index (κ2) is 9.30. The summed E-state index contributed by atoms with van der Waals surface area (Å²) in [7, 11) is 1.73. The quantitative estimate of drug-likeness (QED) is 0.832. The Morgan fingerprint density at radius 3 is 2.60 bits per heavy atom. The number of carbonyl (C=O) groups is 2. The average Bonchev–Trinajstić information content (AvgIpc) is 2.62. The summed E-state index contributed by atoms with van der Waals surface area (Å²) in [5.41, 5.74) is 1.95. The Bertz CT molecular complexity index is 583. The highest BCUT2D eigenvalue weighted by atomic mass is 16.2. The number of nitrogens with zero attached hydrogens (tertiary/aromatic N) is 2. The van der Waals surface area contributed by atoms with Gasteiger partial charge in [0, 0.05) is 50.5 Å². The maximum atomic E-state index is 12.3. The smallest absolute Gasteiger partial charge is 0.321 e. The number of amides is 3. The van der Waals surface area contributed by atoms with Gasteiger partial charge in [-0.15, -0.1) is 0 Å². The van der Waals surface area contributed by atoms with Gasteiger partial charge in [0.2, 0.25) is 5.91 Å². The minimum Gasteiger partial charge on any atom is -0.371 e. The van der Waals surface area contributed by atoms with Crippen LogP contribution >= 0.6 is 0 Å². The SMILES string of the molecule is CC(C)C(=O)NCCN(C)C(=O)Nc1cccc(N2CCCCC2)c1. The van der Waals surface area contributed by atoms with Crippen molar-refractivity contribution < 1.29 is 9.59 Å². The lowest BCUT2D eigenvalue weighted by atomic mass is 10.1. The van der Waals surface area contributed by atoms with Crippen molar-refractivity contribution in [3.05, 3.63) is 24.3 Å². The molecule has 0 aromatic heterocycles. The number of urea groups is 1. The molecule has 1 aliphatic heterocycles. The summed E-state index contributed by atoms with van der Waals surface area (Å²) in [6, 6.07) is 7.82. The van der Waals surface area contributed by atoms with E-state index in [-0.39, 0.29) is 17.9 Å². The third kappa shape index (κ3) is 5.96. The highest BCUT2D eigenvalue weighted by Gasteiger charge is 2.13. The second-order valence-corrected chi connectivity index (χ2v) is 6.90. The minimum absolute atomic E-state index is 0.00282. The van der Waals surface area contributed by atoms with Crippen LogP contribution in [0.3, 0.4) is 0 Å². The fourth-order valence-electron chi connectivity index (χ4n) is 2.80. The molecule has 1 aromatic rings. The van der Waals surface area contributed by atoms with E-state index in [9.17, 15) is 9.59 Å². The van der Waals surface area contributed by atoms with Crippen molar-refractivity contribution in [1.82, 2.24) is 10.2 Å². The first-order valence-electron chi connectivity index (χ1n) is 9.12. The zero-order valence-electron chi connectivity index (χ0n) is 15.5. The Morgan fingerprint density at radius 1 is 1.20 bits per heavy atom. The van der Waals surface area contributed by atoms with Crippen LogP contribution in [0.1, 0.15) is 33.1 Å². The van der Waals surface area contributed by atoms with E-state index in [0.29, 0.717) is 13.1 Å². The molecule has 0 spiro atoms. The third-order valence-corrected chi connectivity index (χ3v) is 4.44. The summed E-state index contributed by atoms with van der Waals surface area (Å²) in [4.78, 5) is 27.8. The summed E-state index contributed by atoms with van der Waals surface area (Å²) < 4.78 is 0. The van der Waals surface area contributed by atoms with Gasteiger partial charge in [0.25, 0.3) is 0 Å². The van der Waals surface area contributed by atoms with Crippen LogP contribution in [0.2, 0.25) is 0 Å². The standard InChI is InChI=1S/C19H30N4O2/c1-15(2)18(24)20-10-13-22(3)19(25)21-16-8-7-9-17(14-16)23-11-5-4-6-12-23/h7-9,14-15H,4-6,10-13H2,1-3H3,(H,20,24)(H,21,25). The van der Waals surface area contributed by atoms with Crippen molar-refractivity contribution >= 4 is 23.3 Å². The summed E-state index contributed by atoms with van der Waals surface area (Å²) in [6.45, 7) is 6.77. The Hall–Kier alpha value is -2.24. The van der Waals surface area contributed by atoms with Gasteiger partial charge >= 0.3 is 6.03 Å². The molecule has 0 radical (unpaired) electrons. The van der Waals surface area contributed by atoms with Crippen molar-refractivity contribution in [2.75, 3.05) is 43.4 Å². The zero-order chi connectivity index (χ0) is 18.2. The van der Waals surface area contributed by atoms with Crippen LogP contribution in [0.4, 0.5) is 16.2 Å². The van der Waals surface area contributed by atoms with Crippen LogP contribution in [-0.2, 0) is 4.79 Å². The first-order valence-corrected chi connectivity index (χ1v) is 9.12. The highest BCUT2D eigenvalue weighted by molar-refractivity contribution is 5.89. The summed E-state index contributed by atoms with van der Waals surface area (Å²) in [6.07, 6.45) is 3.74. The van der Waals surface area contributed by atoms with Crippen molar-refractivity contribution in [2.24, 2.45) is 5.92 Å². The lowest BCUT2D eigenvalue weighted by molar-refractivity contribution is -0.123. The molecule has 138 valence electrons. The molecule has 0 unspecified atom stereocenters. The maximum Gasteiger partial charge on any atom is 0.321 e. The average molecular weight is 346 g/mol. The molecule has 6 nitrogen and oxygen atoms in total. The topological polar surface area (TPSA) is 64.7 Å². The predicted molar refractivity (Wildman–Crippen MR) is 102 cm³/mol. The second-order valence-electron chi connectivity index (χ2n) is 6.90. The molecule has 3 amide bonds. The van der Waals surface area contributed by atoms with Crippen LogP contribution < -0.4 is 15.5 Å². The van der Waals surface area contributed by atoms with Crippen LogP contribution in [0.5, 0.6) is 0 Å². The van der Waals surface area contributed by atoms with Gasteiger partial charge in [-0.05, 0) is 37.5 Å². The molecule has 1 aliphatic rings. The number of rotatable bonds is 6. The first kappa shape index (κ1) is 19.1. The lowest BCUT2D eigenvalue weighted by Gasteiger charge is -2.29. The maximum absolute atomic E-state index is 12.3. The van der Waals surface area contributed by atoms with Crippen LogP contribution in [0.25, 0.3) is 0 Å². The van der Waals surface area contributed by atoms with Gasteiger partial charge in [0.15, 0.2) is 0 Å². The van der Waals surface area contributed by atoms with E-state index in [0.717, 1.165) is 24.5 Å². The molecule has 1 fully saturated rings. The van der Waals surface area contributed by atoms with E-state index in [4.69, 9.17) is 0 Å². The number of anilines is 2. The van der Waals surface area contributed by atoms with E-state index in [1.807, 2.05) is 32.0 Å². The fraction of sp³-hybridized carbons (Fsp3) is 0.579. The first-order chi connectivity index (χ1) is 12.0. The normalized spacial score (nSPS) is 14.3. The number of nitrogens with one attached hydrogen (secondary N) is 2. The zero-order valence-corrected chi connectivity index (χ0v) is 15.5. The molecule has 6 heteroatoms. The number of likely N-dealkylation sites (N-methyl/N-ethyl adjacent to an activating group) is 1. The van der Waals surface area contributed by atoms with E-state index >= 15 is 0 Å². The van der Waals surface area contributed by atoms with Crippen LogP contribution in [0.15, 0.2) is 24.3 Å². The number of carbonyl (C=O) groups excluding carboxylic acids is 2. The van der Waals surface area contributed by atoms with E-state index < -0.39 is 0 Å². The van der Waals surface area contributed by atoms with E-state index in [2.05, 4.69) is 21.6 Å². The van der Waals surface area contributed by atoms with Gasteiger partial charge < -0.3 is 20.4 Å². The molecule has 0 saturated carbocycles. The molecule has 0 atom stereocenters. The largest absolute Gasteiger partial charge is 0.371 e. The van der Waals surface area contributed by atoms with E-state index in [1.54, 1.807) is 11.9 Å². The number of benzene rings is 1. The molecular weight excluding hydrogens is 316 g/mol. The summed E-state index contributed by atoms with van der Waals surface area (Å²) in [5.74, 6) is -0.0419. The molecule has 1 saturated heterocycles. The van der Waals surface area contributed by atoms with Gasteiger partial charge in [0.1, 0.15) is 0 Å². The van der Waals surface area contributed by atoms with E-state index in [1.165, 1.54) is 19.3 Å². The van der Waals surface area contributed by atoms with Crippen molar-refractivity contribution in [2.45, 2.75) is 33.1 Å². The summed E-state index contributed by atoms with van der Waals surface area (Å²) in [5, 5.41) is 5.75.